The molecule has 0 amide bonds. The topological polar surface area (TPSA) is 82.2 Å². The van der Waals surface area contributed by atoms with Gasteiger partial charge in [0.1, 0.15) is 5.75 Å². The van der Waals surface area contributed by atoms with Crippen molar-refractivity contribution in [2.24, 2.45) is 5.92 Å². The van der Waals surface area contributed by atoms with Gasteiger partial charge in [-0.25, -0.2) is 9.78 Å². The van der Waals surface area contributed by atoms with Crippen LogP contribution in [0.4, 0.5) is 0 Å². The lowest BCUT2D eigenvalue weighted by atomic mass is 9.83. The van der Waals surface area contributed by atoms with E-state index in [1.807, 2.05) is 41.6 Å². The molecule has 1 aliphatic rings. The summed E-state index contributed by atoms with van der Waals surface area (Å²) in [5, 5.41) is 13.5. The molecule has 0 fully saturated rings. The Balaban J connectivity index is 1.24. The van der Waals surface area contributed by atoms with Crippen LogP contribution >= 0.6 is 0 Å². The molecule has 4 aromatic rings. The van der Waals surface area contributed by atoms with Gasteiger partial charge in [-0.05, 0) is 47.9 Å². The summed E-state index contributed by atoms with van der Waals surface area (Å²) in [6, 6.07) is 16.3. The van der Waals surface area contributed by atoms with Crippen LogP contribution in [0.3, 0.4) is 0 Å². The van der Waals surface area contributed by atoms with Crippen molar-refractivity contribution in [2.45, 2.75) is 31.8 Å². The smallest absolute Gasteiger partial charge is 0.341 e. The number of hydrogen-bond donors (Lipinski definition) is 1. The number of aliphatic carboxylic acids is 1. The second-order valence-corrected chi connectivity index (χ2v) is 8.83. The Kier molecular flexibility index (Phi) is 6.75. The molecule has 7 nitrogen and oxygen atoms in total. The first-order valence-electron chi connectivity index (χ1n) is 11.8. The van der Waals surface area contributed by atoms with E-state index in [4.69, 9.17) is 9.84 Å². The molecule has 0 saturated carbocycles. The second kappa shape index (κ2) is 10.4. The van der Waals surface area contributed by atoms with Crippen LogP contribution in [0, 0.1) is 5.92 Å². The van der Waals surface area contributed by atoms with Crippen LogP contribution in [0.15, 0.2) is 91.8 Å². The van der Waals surface area contributed by atoms with Crippen molar-refractivity contribution >= 4 is 5.97 Å². The van der Waals surface area contributed by atoms with E-state index >= 15 is 0 Å². The Morgan fingerprint density at radius 3 is 2.86 bits per heavy atom. The average Bonchev–Trinajstić information content (AvgIpc) is 3.57. The number of carboxylic acids is 1. The monoisotopic (exact) mass is 468 g/mol. The number of rotatable bonds is 9. The summed E-state index contributed by atoms with van der Waals surface area (Å²) in [4.78, 5) is 15.1. The lowest BCUT2D eigenvalue weighted by Gasteiger charge is -2.24. The van der Waals surface area contributed by atoms with Crippen LogP contribution in [0.2, 0.25) is 0 Å². The number of imidazole rings is 1. The van der Waals surface area contributed by atoms with E-state index in [-0.39, 0.29) is 12.6 Å². The molecule has 0 saturated heterocycles. The third-order valence-electron chi connectivity index (χ3n) is 6.44. The lowest BCUT2D eigenvalue weighted by Crippen LogP contribution is -2.16. The highest BCUT2D eigenvalue weighted by atomic mass is 16.5. The maximum absolute atomic E-state index is 10.9. The van der Waals surface area contributed by atoms with Crippen LogP contribution in [0.25, 0.3) is 0 Å². The number of hydrogen-bond acceptors (Lipinski definition) is 4. The molecular formula is C28H28N4O3. The number of nitrogens with zero attached hydrogens (tertiary/aromatic N) is 4. The molecule has 2 heterocycles. The highest BCUT2D eigenvalue weighted by Crippen LogP contribution is 2.33. The van der Waals surface area contributed by atoms with E-state index in [1.54, 1.807) is 6.20 Å². The zero-order valence-electron chi connectivity index (χ0n) is 19.4. The minimum Gasteiger partial charge on any atom is -0.482 e. The van der Waals surface area contributed by atoms with Gasteiger partial charge < -0.3 is 14.4 Å². The molecule has 7 heteroatoms. The fourth-order valence-electron chi connectivity index (χ4n) is 4.82. The highest BCUT2D eigenvalue weighted by molar-refractivity contribution is 5.68. The number of allylic oxidation sites excluding steroid dienone is 2. The van der Waals surface area contributed by atoms with E-state index in [9.17, 15) is 4.79 Å². The molecule has 2 aromatic heterocycles. The number of fused-ring (bicyclic) bond motifs is 1. The third-order valence-corrected chi connectivity index (χ3v) is 6.44. The Bertz CT molecular complexity index is 1300. The largest absolute Gasteiger partial charge is 0.482 e. The Morgan fingerprint density at radius 1 is 1.17 bits per heavy atom. The number of carbonyl (C=O) groups is 1. The van der Waals surface area contributed by atoms with Crippen LogP contribution < -0.4 is 4.74 Å². The molecule has 0 radical (unpaired) electrons. The van der Waals surface area contributed by atoms with Crippen molar-refractivity contribution in [1.82, 2.24) is 19.3 Å². The normalized spacial score (nSPS) is 16.2. The molecule has 2 atom stereocenters. The second-order valence-electron chi connectivity index (χ2n) is 8.83. The van der Waals surface area contributed by atoms with Crippen LogP contribution in [0.5, 0.6) is 5.75 Å². The molecular weight excluding hydrogens is 440 g/mol. The van der Waals surface area contributed by atoms with Gasteiger partial charge in [-0.3, -0.25) is 4.68 Å². The Hall–Kier alpha value is -4.13. The molecule has 1 aliphatic carbocycles. The summed E-state index contributed by atoms with van der Waals surface area (Å²) in [5.41, 5.74) is 4.68. The van der Waals surface area contributed by atoms with Crippen LogP contribution in [0.1, 0.15) is 34.7 Å². The molecule has 2 aromatic carbocycles. The summed E-state index contributed by atoms with van der Waals surface area (Å²) in [7, 11) is 0. The summed E-state index contributed by atoms with van der Waals surface area (Å²) in [5.74, 6) is 0.179. The van der Waals surface area contributed by atoms with Gasteiger partial charge in [0, 0.05) is 24.2 Å². The van der Waals surface area contributed by atoms with E-state index in [0.717, 1.165) is 30.4 Å². The van der Waals surface area contributed by atoms with Crippen LogP contribution in [-0.4, -0.2) is 37.0 Å². The van der Waals surface area contributed by atoms with Gasteiger partial charge in [-0.2, -0.15) is 5.10 Å². The maximum atomic E-state index is 10.9. The van der Waals surface area contributed by atoms with Gasteiger partial charge >= 0.3 is 5.97 Å². The third kappa shape index (κ3) is 5.35. The fraction of sp³-hybridized carbons (Fsp3) is 0.250. The summed E-state index contributed by atoms with van der Waals surface area (Å²) in [6.07, 6.45) is 16.9. The van der Waals surface area contributed by atoms with Gasteiger partial charge in [0.2, 0.25) is 0 Å². The first-order valence-corrected chi connectivity index (χ1v) is 11.8. The predicted octanol–water partition coefficient (Wildman–Crippen LogP) is 4.54. The summed E-state index contributed by atoms with van der Waals surface area (Å²) >= 11 is 0. The number of benzene rings is 2. The summed E-state index contributed by atoms with van der Waals surface area (Å²) in [6.45, 7) is 0.397. The van der Waals surface area contributed by atoms with Gasteiger partial charge in [-0.15, -0.1) is 0 Å². The lowest BCUT2D eigenvalue weighted by molar-refractivity contribution is -0.139. The van der Waals surface area contributed by atoms with E-state index in [0.29, 0.717) is 18.2 Å². The standard InChI is InChI=1S/C28H28N4O3/c33-27(34)19-35-26-10-4-9-23-16-21(11-12-25(23)26)6-5-14-32-18-24(17-30-32)28(31-15-13-29-20-31)22-7-2-1-3-8-22/h1-10,13,15,17-18,20-21,28H,11-12,14,16,19H2,(H,33,34). The van der Waals surface area contributed by atoms with Crippen molar-refractivity contribution in [2.75, 3.05) is 6.61 Å². The zero-order chi connectivity index (χ0) is 24.0. The molecule has 5 rings (SSSR count). The van der Waals surface area contributed by atoms with Gasteiger partial charge in [0.05, 0.1) is 25.1 Å². The van der Waals surface area contributed by atoms with Gasteiger partial charge in [0.15, 0.2) is 6.61 Å². The van der Waals surface area contributed by atoms with Gasteiger partial charge in [-0.1, -0.05) is 54.6 Å². The van der Waals surface area contributed by atoms with Gasteiger partial charge in [0.25, 0.3) is 0 Å². The summed E-state index contributed by atoms with van der Waals surface area (Å²) < 4.78 is 9.55. The predicted molar refractivity (Wildman–Crippen MR) is 132 cm³/mol. The first kappa shape index (κ1) is 22.7. The SMILES string of the molecule is O=C(O)COc1cccc2c1CCC(C=CCn1cc(C(c3ccccc3)n3ccnc3)cn1)C2. The minimum atomic E-state index is -0.957. The molecule has 35 heavy (non-hydrogen) atoms. The van der Waals surface area contributed by atoms with Crippen LogP contribution in [-0.2, 0) is 24.2 Å². The highest BCUT2D eigenvalue weighted by Gasteiger charge is 2.20. The van der Waals surface area contributed by atoms with Crippen molar-refractivity contribution in [3.63, 3.8) is 0 Å². The molecule has 0 aliphatic heterocycles. The Morgan fingerprint density at radius 2 is 2.06 bits per heavy atom. The van der Waals surface area contributed by atoms with Crippen molar-refractivity contribution in [1.29, 1.82) is 0 Å². The average molecular weight is 469 g/mol. The van der Waals surface area contributed by atoms with E-state index < -0.39 is 5.97 Å². The maximum Gasteiger partial charge on any atom is 0.341 e. The molecule has 0 bridgehead atoms. The van der Waals surface area contributed by atoms with Crippen molar-refractivity contribution < 1.29 is 14.6 Å². The molecule has 1 N–H and O–H groups in total. The Labute approximate surface area is 204 Å². The van der Waals surface area contributed by atoms with Crippen molar-refractivity contribution in [3.05, 3.63) is 114 Å². The fourth-order valence-corrected chi connectivity index (χ4v) is 4.82. The first-order chi connectivity index (χ1) is 17.2. The minimum absolute atomic E-state index is 0.0313. The number of aromatic nitrogens is 4. The zero-order valence-corrected chi connectivity index (χ0v) is 19.4. The molecule has 2 unspecified atom stereocenters. The molecule has 178 valence electrons. The van der Waals surface area contributed by atoms with E-state index in [2.05, 4.69) is 63.3 Å². The van der Waals surface area contributed by atoms with E-state index in [1.165, 1.54) is 11.1 Å². The number of carboxylic acid groups (broad SMARTS) is 1. The quantitative estimate of drug-likeness (QED) is 0.365. The molecule has 0 spiro atoms. The number of ether oxygens (including phenoxy) is 1. The van der Waals surface area contributed by atoms with Crippen molar-refractivity contribution in [3.8, 4) is 5.75 Å².